The molecule has 6 heteroatoms. The molecule has 148 valence electrons. The molecule has 2 aliphatic heterocycles. The number of fused-ring (bicyclic) bond motifs is 2. The number of piperidine rings is 1. The van der Waals surface area contributed by atoms with Crippen LogP contribution in [-0.2, 0) is 6.42 Å². The van der Waals surface area contributed by atoms with Crippen molar-refractivity contribution in [3.63, 3.8) is 0 Å². The van der Waals surface area contributed by atoms with Crippen LogP contribution in [0.2, 0.25) is 0 Å². The van der Waals surface area contributed by atoms with Crippen LogP contribution < -0.4 is 5.32 Å². The number of anilines is 2. The highest BCUT2D eigenvalue weighted by molar-refractivity contribution is 7.99. The first kappa shape index (κ1) is 19.2. The minimum atomic E-state index is 0.684. The molecule has 1 aromatic heterocycles. The molecule has 0 atom stereocenters. The zero-order valence-corrected chi connectivity index (χ0v) is 17.6. The Kier molecular flexibility index (Phi) is 5.85. The van der Waals surface area contributed by atoms with E-state index in [9.17, 15) is 0 Å². The number of amidine groups is 1. The van der Waals surface area contributed by atoms with Crippen molar-refractivity contribution in [3.8, 4) is 0 Å². The molecule has 4 rings (SSSR count). The molecule has 0 amide bonds. The number of hydrogen-bond acceptors (Lipinski definition) is 5. The van der Waals surface area contributed by atoms with E-state index in [1.807, 2.05) is 0 Å². The third kappa shape index (κ3) is 4.49. The molecule has 0 unspecified atom stereocenters. The van der Waals surface area contributed by atoms with Crippen LogP contribution in [0, 0.1) is 17.2 Å². The molecule has 0 bridgehead atoms. The van der Waals surface area contributed by atoms with Crippen molar-refractivity contribution in [2.45, 2.75) is 55.9 Å². The predicted molar refractivity (Wildman–Crippen MR) is 116 cm³/mol. The zero-order chi connectivity index (χ0) is 19.5. The number of benzene rings is 1. The summed E-state index contributed by atoms with van der Waals surface area (Å²) in [6, 6.07) is 6.42. The van der Waals surface area contributed by atoms with Gasteiger partial charge in [0.05, 0.1) is 5.69 Å². The molecule has 0 saturated carbocycles. The Balaban J connectivity index is 1.34. The molecule has 28 heavy (non-hydrogen) atoms. The first-order valence-corrected chi connectivity index (χ1v) is 11.1. The lowest BCUT2D eigenvalue weighted by atomic mass is 9.89. The maximum atomic E-state index is 8.59. The lowest BCUT2D eigenvalue weighted by Crippen LogP contribution is -2.39. The van der Waals surface area contributed by atoms with E-state index in [0.717, 1.165) is 52.2 Å². The minimum Gasteiger partial charge on any atom is -0.360 e. The maximum absolute atomic E-state index is 8.59. The topological polar surface area (TPSA) is 64.9 Å². The Morgan fingerprint density at radius 2 is 2.04 bits per heavy atom. The van der Waals surface area contributed by atoms with Crippen LogP contribution in [0.25, 0.3) is 0 Å². The van der Waals surface area contributed by atoms with Crippen molar-refractivity contribution in [1.29, 1.82) is 5.41 Å². The van der Waals surface area contributed by atoms with Gasteiger partial charge in [-0.15, -0.1) is 0 Å². The van der Waals surface area contributed by atoms with E-state index in [0.29, 0.717) is 6.42 Å². The highest BCUT2D eigenvalue weighted by Gasteiger charge is 2.22. The van der Waals surface area contributed by atoms with Gasteiger partial charge < -0.3 is 10.2 Å². The molecular weight excluding hydrogens is 366 g/mol. The monoisotopic (exact) mass is 395 g/mol. The van der Waals surface area contributed by atoms with Crippen molar-refractivity contribution in [2.24, 2.45) is 11.8 Å². The summed E-state index contributed by atoms with van der Waals surface area (Å²) in [6.07, 6.45) is 9.25. The first-order chi connectivity index (χ1) is 13.6. The van der Waals surface area contributed by atoms with Crippen LogP contribution in [0.4, 0.5) is 11.5 Å². The summed E-state index contributed by atoms with van der Waals surface area (Å²) in [7, 11) is 0. The normalized spacial score (nSPS) is 16.5. The molecule has 2 aliphatic rings. The Bertz CT molecular complexity index is 843. The maximum Gasteiger partial charge on any atom is 0.163 e. The van der Waals surface area contributed by atoms with Gasteiger partial charge in [0.25, 0.3) is 0 Å². The predicted octanol–water partition coefficient (Wildman–Crippen LogP) is 5.35. The summed E-state index contributed by atoms with van der Waals surface area (Å²) >= 11 is 1.64. The fourth-order valence-corrected chi connectivity index (χ4v) is 4.84. The fourth-order valence-electron chi connectivity index (χ4n) is 3.96. The van der Waals surface area contributed by atoms with Crippen LogP contribution in [0.15, 0.2) is 40.5 Å². The average molecular weight is 396 g/mol. The van der Waals surface area contributed by atoms with Crippen LogP contribution in [0.1, 0.15) is 45.1 Å². The number of hydrogen-bond donors (Lipinski definition) is 2. The third-order valence-electron chi connectivity index (χ3n) is 5.69. The molecule has 1 aromatic carbocycles. The van der Waals surface area contributed by atoms with Gasteiger partial charge >= 0.3 is 0 Å². The summed E-state index contributed by atoms with van der Waals surface area (Å²) in [5, 5.41) is 12.9. The van der Waals surface area contributed by atoms with Crippen LogP contribution in [-0.4, -0.2) is 33.8 Å². The van der Waals surface area contributed by atoms with Crippen molar-refractivity contribution in [2.75, 3.05) is 18.4 Å². The van der Waals surface area contributed by atoms with Gasteiger partial charge in [0.2, 0.25) is 0 Å². The van der Waals surface area contributed by atoms with E-state index in [4.69, 9.17) is 5.41 Å². The van der Waals surface area contributed by atoms with E-state index in [1.54, 1.807) is 24.2 Å². The molecule has 1 saturated heterocycles. The second kappa shape index (κ2) is 8.52. The number of aromatic nitrogens is 2. The minimum absolute atomic E-state index is 0.684. The average Bonchev–Trinajstić information content (AvgIpc) is 2.71. The van der Waals surface area contributed by atoms with Gasteiger partial charge in [-0.2, -0.15) is 0 Å². The zero-order valence-electron chi connectivity index (χ0n) is 16.7. The van der Waals surface area contributed by atoms with E-state index in [1.165, 1.54) is 31.2 Å². The molecular formula is C22H29N5S. The molecule has 3 heterocycles. The highest BCUT2D eigenvalue weighted by atomic mass is 32.2. The van der Waals surface area contributed by atoms with Gasteiger partial charge in [-0.1, -0.05) is 44.5 Å². The number of rotatable bonds is 5. The van der Waals surface area contributed by atoms with Crippen molar-refractivity contribution >= 4 is 29.1 Å². The lowest BCUT2D eigenvalue weighted by Gasteiger charge is -2.34. The molecule has 1 fully saturated rings. The van der Waals surface area contributed by atoms with E-state index in [2.05, 4.69) is 52.2 Å². The van der Waals surface area contributed by atoms with Gasteiger partial charge in [-0.05, 0) is 42.4 Å². The smallest absolute Gasteiger partial charge is 0.163 e. The van der Waals surface area contributed by atoms with Crippen LogP contribution in [0.5, 0.6) is 0 Å². The Morgan fingerprint density at radius 1 is 1.25 bits per heavy atom. The van der Waals surface area contributed by atoms with Crippen molar-refractivity contribution < 1.29 is 0 Å². The molecule has 5 nitrogen and oxygen atoms in total. The van der Waals surface area contributed by atoms with Crippen molar-refractivity contribution in [3.05, 3.63) is 36.2 Å². The first-order valence-electron chi connectivity index (χ1n) is 10.3. The Labute approximate surface area is 171 Å². The summed E-state index contributed by atoms with van der Waals surface area (Å²) in [5.74, 6) is 3.20. The summed E-state index contributed by atoms with van der Waals surface area (Å²) in [4.78, 5) is 12.2. The SMILES string of the molecule is CC(C)CCC1CCN(C(=N)Cc2ccc3c(c2)Nc2nccnc2S3)CC1. The van der Waals surface area contributed by atoms with Gasteiger partial charge in [-0.3, -0.25) is 5.41 Å². The second-order valence-electron chi connectivity index (χ2n) is 8.29. The van der Waals surface area contributed by atoms with Gasteiger partial charge in [0.1, 0.15) is 10.9 Å². The molecule has 0 spiro atoms. The number of nitrogens with one attached hydrogen (secondary N) is 2. The lowest BCUT2D eigenvalue weighted by molar-refractivity contribution is 0.243. The summed E-state index contributed by atoms with van der Waals surface area (Å²) in [6.45, 7) is 6.68. The molecule has 2 aromatic rings. The quantitative estimate of drug-likeness (QED) is 0.450. The van der Waals surface area contributed by atoms with E-state index < -0.39 is 0 Å². The summed E-state index contributed by atoms with van der Waals surface area (Å²) < 4.78 is 0. The molecule has 0 radical (unpaired) electrons. The number of nitrogens with zero attached hydrogens (tertiary/aromatic N) is 3. The van der Waals surface area contributed by atoms with Crippen molar-refractivity contribution in [1.82, 2.24) is 14.9 Å². The van der Waals surface area contributed by atoms with Gasteiger partial charge in [0.15, 0.2) is 5.82 Å². The van der Waals surface area contributed by atoms with Crippen LogP contribution in [0.3, 0.4) is 0 Å². The fraction of sp³-hybridized carbons (Fsp3) is 0.500. The Morgan fingerprint density at radius 3 is 2.82 bits per heavy atom. The van der Waals surface area contributed by atoms with E-state index >= 15 is 0 Å². The Hall–Kier alpha value is -2.08. The van der Waals surface area contributed by atoms with Gasteiger partial charge in [0, 0.05) is 36.8 Å². The third-order valence-corrected chi connectivity index (χ3v) is 6.76. The summed E-state index contributed by atoms with van der Waals surface area (Å²) in [5.41, 5.74) is 2.24. The largest absolute Gasteiger partial charge is 0.360 e. The highest BCUT2D eigenvalue weighted by Crippen LogP contribution is 2.42. The van der Waals surface area contributed by atoms with Gasteiger partial charge in [-0.25, -0.2) is 9.97 Å². The van der Waals surface area contributed by atoms with E-state index in [-0.39, 0.29) is 0 Å². The molecule has 0 aliphatic carbocycles. The standard InChI is InChI=1S/C22H29N5S/c1-15(2)3-4-16-7-11-27(12-8-16)20(23)14-17-5-6-19-18(13-17)26-21-22(28-19)25-10-9-24-21/h5-6,9-10,13,15-16,23H,3-4,7-8,11-12,14H2,1-2H3,(H,24,26). The molecule has 2 N–H and O–H groups in total. The second-order valence-corrected chi connectivity index (χ2v) is 9.32. The number of likely N-dealkylation sites (tertiary alicyclic amines) is 1. The van der Waals surface area contributed by atoms with Crippen LogP contribution >= 0.6 is 11.8 Å².